The van der Waals surface area contributed by atoms with Crippen molar-refractivity contribution in [3.63, 3.8) is 0 Å². The Balaban J connectivity index is 0.000000118. The summed E-state index contributed by atoms with van der Waals surface area (Å²) in [5, 5.41) is 66.8. The lowest BCUT2D eigenvalue weighted by Gasteiger charge is -2.29. The highest BCUT2D eigenvalue weighted by molar-refractivity contribution is 5.96. The third kappa shape index (κ3) is 19.7. The standard InChI is InChI=1S/C26H23F3N6O.C25H22F3N7O.C22H18F3N7O2.C21H21F3N8O/c27-26(28,29)19-13-23-18(25(36)35-33-23)12-17(19)22-11-15(10-21(31-22)14-6-2-1-3-7-14)30-24-16-8-4-5-9-20(16)32-34-24;26-25(27,28)18-13-21-17(24(36)34-32-21)12-16(18)20-10-14(35-8-4-1-5-9-35)11-22(29-20)30-23-15-6-2-3-7-19(15)31-33-23;23-22(24,25)15-10-18-14(21(33)32-30-18)9-13(15)17-7-11(34-6-5-26)8-19(27-17)28-20-12-3-1-2-4-16(12)29-31-20;1-11-6-18(30-28-11)26-12-7-16(27-19(8-12)32-4-2-25-3-5-32)13-9-14-17(29-31-20(14)33)10-15(13)21(22,23)24/h4-5,8-14H,1-3,6-7H2,(H2,33,35,36)(H2,30,31,32,34);2-3,6-7,10-13H,1,4-5,8-9H2,(H2,32,34,36)(H2,29,30,31,33);1-4,7-10H,5-6,26H2,(H2,30,32,33)(H2,27,28,29,31);6-10,25H,2-5H2,1H3,(H2,29,31,33)(H2,26,27,28,30). The number of fused-ring (bicyclic) bond motifs is 7. The highest BCUT2D eigenvalue weighted by Gasteiger charge is 2.40. The third-order valence-corrected chi connectivity index (χ3v) is 24.2. The number of halogens is 12. The fourth-order valence-electron chi connectivity index (χ4n) is 17.5. The first-order valence-corrected chi connectivity index (χ1v) is 44.1. The predicted molar refractivity (Wildman–Crippen MR) is 505 cm³/mol. The van der Waals surface area contributed by atoms with E-state index in [4.69, 9.17) is 15.5 Å². The molecule has 14 heterocycles. The first kappa shape index (κ1) is 91.6. The molecule has 0 radical (unpaired) electrons. The van der Waals surface area contributed by atoms with E-state index in [1.54, 1.807) is 24.3 Å². The molecule has 0 atom stereocenters. The lowest BCUT2D eigenvalue weighted by Crippen LogP contribution is -2.43. The van der Waals surface area contributed by atoms with E-state index in [2.05, 4.69) is 128 Å². The minimum absolute atomic E-state index is 0.0355. The van der Waals surface area contributed by atoms with Crippen molar-refractivity contribution in [1.82, 2.24) is 107 Å². The van der Waals surface area contributed by atoms with E-state index in [0.29, 0.717) is 59.4 Å². The van der Waals surface area contributed by atoms with Crippen LogP contribution < -0.4 is 69.1 Å². The van der Waals surface area contributed by atoms with Crippen LogP contribution in [0.15, 0.2) is 195 Å². The zero-order valence-electron chi connectivity index (χ0n) is 73.3. The highest BCUT2D eigenvalue weighted by Crippen LogP contribution is 2.47. The van der Waals surface area contributed by atoms with Crippen LogP contribution >= 0.6 is 0 Å². The maximum Gasteiger partial charge on any atom is 0.417 e. The van der Waals surface area contributed by atoms with Crippen LogP contribution in [0, 0.1) is 6.92 Å². The molecule has 19 aromatic rings. The fourth-order valence-corrected chi connectivity index (χ4v) is 17.5. The number of pyridine rings is 4. The second-order valence-corrected chi connectivity index (χ2v) is 33.6. The fraction of sp³-hybridized carbons (Fsp3) is 0.234. The number of aryl methyl sites for hydroxylation is 1. The van der Waals surface area contributed by atoms with Gasteiger partial charge < -0.3 is 46.9 Å². The van der Waals surface area contributed by atoms with Crippen LogP contribution in [0.4, 0.5) is 110 Å². The molecule has 0 bridgehead atoms. The Morgan fingerprint density at radius 3 is 1.22 bits per heavy atom. The molecule has 714 valence electrons. The Labute approximate surface area is 774 Å². The van der Waals surface area contributed by atoms with Crippen molar-refractivity contribution in [3.8, 4) is 50.8 Å². The average molecular weight is 1910 g/mol. The number of anilines is 10. The summed E-state index contributed by atoms with van der Waals surface area (Å²) >= 11 is 0. The average Bonchev–Trinajstić information content (AvgIpc) is 1.70. The van der Waals surface area contributed by atoms with Gasteiger partial charge in [0.2, 0.25) is 0 Å². The van der Waals surface area contributed by atoms with Gasteiger partial charge in [0.15, 0.2) is 23.3 Å². The molecule has 0 amide bonds. The number of aromatic amines is 12. The summed E-state index contributed by atoms with van der Waals surface area (Å²) < 4.78 is 174. The minimum Gasteiger partial charge on any atom is -0.492 e. The highest BCUT2D eigenvalue weighted by atomic mass is 19.4. The van der Waals surface area contributed by atoms with E-state index < -0.39 is 69.2 Å². The number of para-hydroxylation sites is 3. The van der Waals surface area contributed by atoms with E-state index in [1.807, 2.05) is 96.8 Å². The second-order valence-electron chi connectivity index (χ2n) is 33.6. The molecule has 12 aromatic heterocycles. The summed E-state index contributed by atoms with van der Waals surface area (Å²) in [4.78, 5) is 71.1. The molecule has 139 heavy (non-hydrogen) atoms. The Morgan fingerprint density at radius 1 is 0.374 bits per heavy atom. The van der Waals surface area contributed by atoms with E-state index in [1.165, 1.54) is 36.4 Å². The molecule has 22 rings (SSSR count). The van der Waals surface area contributed by atoms with Crippen molar-refractivity contribution >= 4 is 134 Å². The summed E-state index contributed by atoms with van der Waals surface area (Å²) in [6.45, 7) is 6.63. The second kappa shape index (κ2) is 37.7. The van der Waals surface area contributed by atoms with Gasteiger partial charge in [-0.2, -0.15) is 73.1 Å². The van der Waals surface area contributed by atoms with Gasteiger partial charge in [-0.05, 0) is 148 Å². The topological polar surface area (TPSA) is 463 Å². The number of rotatable bonds is 18. The number of ether oxygens (including phenoxy) is 1. The van der Waals surface area contributed by atoms with Gasteiger partial charge in [-0.15, -0.1) is 0 Å². The molecule has 2 saturated heterocycles. The normalized spacial score (nSPS) is 14.1. The number of alkyl halides is 12. The first-order valence-electron chi connectivity index (χ1n) is 44.1. The molecule has 3 fully saturated rings. The van der Waals surface area contributed by atoms with Gasteiger partial charge in [0.05, 0.1) is 105 Å². The number of piperidine rings is 1. The zero-order chi connectivity index (χ0) is 96.8. The monoisotopic (exact) mass is 1910 g/mol. The Bertz CT molecular complexity index is 7780. The van der Waals surface area contributed by atoms with Gasteiger partial charge in [0, 0.05) is 149 Å². The van der Waals surface area contributed by atoms with Crippen LogP contribution in [0.25, 0.3) is 121 Å². The van der Waals surface area contributed by atoms with Crippen molar-refractivity contribution < 1.29 is 57.4 Å². The van der Waals surface area contributed by atoms with Crippen molar-refractivity contribution in [2.24, 2.45) is 5.73 Å². The molecule has 3 aliphatic rings. The number of piperazine rings is 1. The van der Waals surface area contributed by atoms with Crippen molar-refractivity contribution in [3.05, 3.63) is 251 Å². The maximum atomic E-state index is 14.1. The van der Waals surface area contributed by atoms with E-state index in [0.717, 1.165) is 158 Å². The van der Waals surface area contributed by atoms with E-state index in [-0.39, 0.29) is 119 Å². The number of nitrogens with zero attached hydrogens (tertiary/aromatic N) is 10. The van der Waals surface area contributed by atoms with Gasteiger partial charge >= 0.3 is 24.7 Å². The van der Waals surface area contributed by atoms with Crippen LogP contribution in [-0.2, 0) is 24.7 Å². The molecule has 19 N–H and O–H groups in total. The molecule has 45 heteroatoms. The molecule has 0 spiro atoms. The summed E-state index contributed by atoms with van der Waals surface area (Å²) in [7, 11) is 0. The number of hydrogen-bond acceptors (Lipinski definition) is 21. The van der Waals surface area contributed by atoms with Gasteiger partial charge in [-0.1, -0.05) is 55.7 Å². The van der Waals surface area contributed by atoms with E-state index >= 15 is 0 Å². The van der Waals surface area contributed by atoms with E-state index in [9.17, 15) is 71.9 Å². The number of nitrogens with one attached hydrogen (secondary N) is 17. The molecule has 7 aromatic carbocycles. The summed E-state index contributed by atoms with van der Waals surface area (Å²) in [6.07, 6.45) is -10.4. The molecule has 33 nitrogen and oxygen atoms in total. The molecule has 1 aliphatic carbocycles. The van der Waals surface area contributed by atoms with Gasteiger partial charge in [-0.25, -0.2) is 15.0 Å². The number of H-pyrrole nitrogens is 12. The molecule has 0 unspecified atom stereocenters. The molecule has 2 aliphatic heterocycles. The minimum atomic E-state index is -4.69. The Hall–Kier alpha value is -16.5. The van der Waals surface area contributed by atoms with Crippen LogP contribution in [0.3, 0.4) is 0 Å². The Kier molecular flexibility index (Phi) is 24.8. The number of hydrogen-bond donors (Lipinski definition) is 18. The SMILES string of the molecule is Cc1cc(Nc2cc(-c3cc4c(=O)[nH][nH]c4cc3C(F)(F)F)nc(N3CCNCC3)c2)n[nH]1.NCCOc1cc(Nc2n[nH]c3ccccc23)nc(-c2cc3c(=O)[nH][nH]c3cc2C(F)(F)F)c1.O=c1[nH][nH]c2cc(C(F)(F)F)c(-c3cc(N4CCCCC4)cc(Nc4n[nH]c5ccccc45)n3)cc12.O=c1[nH][nH]c2cc(C(F)(F)F)c(-c3cc(Nc4n[nH]c5ccccc45)cc(C4CCCCC4)n3)cc12. The predicted octanol–water partition coefficient (Wildman–Crippen LogP) is 19.2. The lowest BCUT2D eigenvalue weighted by atomic mass is 9.86. The van der Waals surface area contributed by atoms with Crippen molar-refractivity contribution in [2.75, 3.05) is 83.5 Å². The number of benzene rings is 7. The smallest absolute Gasteiger partial charge is 0.417 e. The third-order valence-electron chi connectivity index (χ3n) is 24.2. The summed E-state index contributed by atoms with van der Waals surface area (Å²) in [5.74, 6) is 3.60. The lowest BCUT2D eigenvalue weighted by molar-refractivity contribution is -0.137. The number of nitrogens with two attached hydrogens (primary N) is 1. The Morgan fingerprint density at radius 2 is 0.784 bits per heavy atom. The molecular formula is C94H84F12N28O5. The quantitative estimate of drug-likeness (QED) is 0.0355. The van der Waals surface area contributed by atoms with Crippen molar-refractivity contribution in [1.29, 1.82) is 0 Å². The first-order chi connectivity index (χ1) is 66.8. The summed E-state index contributed by atoms with van der Waals surface area (Å²) in [6, 6.07) is 46.2. The molecule has 1 saturated carbocycles. The van der Waals surface area contributed by atoms with Crippen LogP contribution in [0.5, 0.6) is 5.75 Å². The zero-order valence-corrected chi connectivity index (χ0v) is 73.3. The largest absolute Gasteiger partial charge is 0.492 e. The van der Waals surface area contributed by atoms with Gasteiger partial charge in [0.1, 0.15) is 29.8 Å². The van der Waals surface area contributed by atoms with Crippen molar-refractivity contribution in [2.45, 2.75) is 88.9 Å². The van der Waals surface area contributed by atoms with Crippen LogP contribution in [-0.4, -0.2) is 154 Å². The maximum absolute atomic E-state index is 14.1. The summed E-state index contributed by atoms with van der Waals surface area (Å²) in [5.41, 5.74) is 5.82. The molecular weight excluding hydrogens is 1830 g/mol. The van der Waals surface area contributed by atoms with Gasteiger partial charge in [0.25, 0.3) is 22.2 Å². The van der Waals surface area contributed by atoms with Crippen LogP contribution in [0.2, 0.25) is 0 Å². The number of aromatic nitrogens is 20. The van der Waals surface area contributed by atoms with Gasteiger partial charge in [-0.3, -0.25) is 85.3 Å². The van der Waals surface area contributed by atoms with Crippen LogP contribution in [0.1, 0.15) is 90.9 Å².